The van der Waals surface area contributed by atoms with Crippen LogP contribution in [0.5, 0.6) is 0 Å². The lowest BCUT2D eigenvalue weighted by atomic mass is 10.1. The summed E-state index contributed by atoms with van der Waals surface area (Å²) in [5.74, 6) is 0.870. The van der Waals surface area contributed by atoms with Gasteiger partial charge in [-0.05, 0) is 12.8 Å². The van der Waals surface area contributed by atoms with Gasteiger partial charge in [0.05, 0.1) is 6.61 Å². The lowest BCUT2D eigenvalue weighted by Gasteiger charge is -2.28. The number of anilines is 2. The molecule has 0 aromatic carbocycles. The quantitative estimate of drug-likeness (QED) is 0.635. The van der Waals surface area contributed by atoms with Gasteiger partial charge in [-0.3, -0.25) is 0 Å². The maximum Gasteiger partial charge on any atom is 0.246 e. The van der Waals surface area contributed by atoms with Gasteiger partial charge in [0.2, 0.25) is 11.9 Å². The number of H-pyrrole nitrogens is 1. The number of aromatic amines is 1. The Morgan fingerprint density at radius 3 is 2.53 bits per heavy atom. The van der Waals surface area contributed by atoms with Crippen LogP contribution in [-0.2, 0) is 0 Å². The highest BCUT2D eigenvalue weighted by molar-refractivity contribution is 5.35. The Kier molecular flexibility index (Phi) is 4.36. The summed E-state index contributed by atoms with van der Waals surface area (Å²) in [5, 5.41) is 15.6. The van der Waals surface area contributed by atoms with E-state index in [0.29, 0.717) is 24.5 Å². The van der Waals surface area contributed by atoms with Crippen LogP contribution in [0.15, 0.2) is 0 Å². The summed E-state index contributed by atoms with van der Waals surface area (Å²) in [7, 11) is 0. The van der Waals surface area contributed by atoms with Crippen LogP contribution in [0.25, 0.3) is 0 Å². The molecule has 6 heteroatoms. The first-order chi connectivity index (χ1) is 7.22. The van der Waals surface area contributed by atoms with Crippen LogP contribution in [0, 0.1) is 0 Å². The summed E-state index contributed by atoms with van der Waals surface area (Å²) in [6.45, 7) is 4.83. The molecule has 0 saturated heterocycles. The zero-order valence-corrected chi connectivity index (χ0v) is 9.27. The first kappa shape index (κ1) is 11.8. The van der Waals surface area contributed by atoms with Crippen LogP contribution in [0.4, 0.5) is 11.9 Å². The number of nitrogens with one attached hydrogen (secondary N) is 1. The van der Waals surface area contributed by atoms with Crippen LogP contribution in [0.1, 0.15) is 26.7 Å². The third-order valence-corrected chi connectivity index (χ3v) is 2.47. The number of rotatable bonds is 6. The smallest absolute Gasteiger partial charge is 0.246 e. The highest BCUT2D eigenvalue weighted by Gasteiger charge is 2.18. The fraction of sp³-hybridized carbons (Fsp3) is 0.778. The molecular formula is C9H19N5O. The zero-order valence-electron chi connectivity index (χ0n) is 9.27. The van der Waals surface area contributed by atoms with E-state index >= 15 is 0 Å². The van der Waals surface area contributed by atoms with Crippen molar-refractivity contribution in [2.75, 3.05) is 23.8 Å². The van der Waals surface area contributed by atoms with Crippen LogP contribution >= 0.6 is 0 Å². The Morgan fingerprint density at radius 1 is 1.47 bits per heavy atom. The number of aliphatic hydroxyl groups is 1. The lowest BCUT2D eigenvalue weighted by molar-refractivity contribution is 0.295. The number of hydrogen-bond donors (Lipinski definition) is 3. The Bertz CT molecular complexity index is 284. The van der Waals surface area contributed by atoms with E-state index in [1.165, 1.54) is 0 Å². The summed E-state index contributed by atoms with van der Waals surface area (Å²) in [5.41, 5.74) is 5.48. The van der Waals surface area contributed by atoms with Gasteiger partial charge in [0.1, 0.15) is 0 Å². The summed E-state index contributed by atoms with van der Waals surface area (Å²) in [6.07, 6.45) is 1.98. The normalized spacial score (nSPS) is 10.9. The Labute approximate surface area is 89.5 Å². The molecule has 1 heterocycles. The molecular weight excluding hydrogens is 194 g/mol. The molecule has 0 spiro atoms. The molecule has 0 radical (unpaired) electrons. The second-order valence-corrected chi connectivity index (χ2v) is 3.41. The topological polar surface area (TPSA) is 91.1 Å². The van der Waals surface area contributed by atoms with Crippen molar-refractivity contribution >= 4 is 11.9 Å². The molecule has 0 aliphatic carbocycles. The molecule has 1 rings (SSSR count). The van der Waals surface area contributed by atoms with Crippen LogP contribution < -0.4 is 10.6 Å². The average molecular weight is 213 g/mol. The largest absolute Gasteiger partial charge is 0.395 e. The molecule has 0 atom stereocenters. The minimum absolute atomic E-state index is 0.0882. The van der Waals surface area contributed by atoms with Crippen LogP contribution in [0.2, 0.25) is 0 Å². The zero-order chi connectivity index (χ0) is 11.3. The number of nitrogens with two attached hydrogens (primary N) is 1. The maximum atomic E-state index is 9.01. The minimum atomic E-state index is 0.0882. The van der Waals surface area contributed by atoms with Gasteiger partial charge in [0, 0.05) is 12.6 Å². The van der Waals surface area contributed by atoms with Crippen molar-refractivity contribution < 1.29 is 5.11 Å². The fourth-order valence-corrected chi connectivity index (χ4v) is 1.68. The molecule has 0 aliphatic heterocycles. The van der Waals surface area contributed by atoms with Crippen molar-refractivity contribution in [2.45, 2.75) is 32.7 Å². The van der Waals surface area contributed by atoms with Gasteiger partial charge < -0.3 is 15.7 Å². The van der Waals surface area contributed by atoms with E-state index in [2.05, 4.69) is 29.0 Å². The fourth-order valence-electron chi connectivity index (χ4n) is 1.68. The maximum absolute atomic E-state index is 9.01. The molecule has 0 amide bonds. The number of nitrogen functional groups attached to an aromatic ring is 1. The lowest BCUT2D eigenvalue weighted by Crippen LogP contribution is -2.37. The van der Waals surface area contributed by atoms with E-state index in [1.54, 1.807) is 0 Å². The molecule has 1 aromatic rings. The summed E-state index contributed by atoms with van der Waals surface area (Å²) >= 11 is 0. The molecule has 0 fully saturated rings. The van der Waals surface area contributed by atoms with Crippen molar-refractivity contribution in [1.82, 2.24) is 15.2 Å². The number of aliphatic hydroxyl groups excluding tert-OH is 1. The SMILES string of the molecule is CCC(CC)N(CCO)c1n[nH]c(N)n1. The molecule has 1 aromatic heterocycles. The summed E-state index contributed by atoms with van der Waals surface area (Å²) in [4.78, 5) is 6.05. The molecule has 15 heavy (non-hydrogen) atoms. The van der Waals surface area contributed by atoms with E-state index in [1.807, 2.05) is 4.90 Å². The van der Waals surface area contributed by atoms with Gasteiger partial charge >= 0.3 is 0 Å². The predicted octanol–water partition coefficient (Wildman–Crippen LogP) is 0.374. The van der Waals surface area contributed by atoms with Gasteiger partial charge in [-0.25, -0.2) is 5.10 Å². The predicted molar refractivity (Wildman–Crippen MR) is 59.6 cm³/mol. The van der Waals surface area contributed by atoms with Crippen molar-refractivity contribution in [3.8, 4) is 0 Å². The van der Waals surface area contributed by atoms with Gasteiger partial charge in [0.25, 0.3) is 0 Å². The molecule has 0 unspecified atom stereocenters. The highest BCUT2D eigenvalue weighted by atomic mass is 16.3. The molecule has 0 aliphatic rings. The van der Waals surface area contributed by atoms with Crippen molar-refractivity contribution in [3.05, 3.63) is 0 Å². The highest BCUT2D eigenvalue weighted by Crippen LogP contribution is 2.15. The van der Waals surface area contributed by atoms with E-state index in [-0.39, 0.29) is 6.61 Å². The summed E-state index contributed by atoms with van der Waals surface area (Å²) in [6, 6.07) is 0.340. The van der Waals surface area contributed by atoms with Gasteiger partial charge in [-0.2, -0.15) is 4.98 Å². The Morgan fingerprint density at radius 2 is 2.13 bits per heavy atom. The standard InChI is InChI=1S/C9H19N5O/c1-3-7(4-2)14(5-6-15)9-11-8(10)12-13-9/h7,15H,3-6H2,1-2H3,(H3,10,11,12,13). The second kappa shape index (κ2) is 5.55. The average Bonchev–Trinajstić information content (AvgIpc) is 2.65. The third-order valence-electron chi connectivity index (χ3n) is 2.47. The first-order valence-corrected chi connectivity index (χ1v) is 5.28. The molecule has 0 saturated carbocycles. The number of nitrogens with zero attached hydrogens (tertiary/aromatic N) is 3. The third kappa shape index (κ3) is 2.82. The van der Waals surface area contributed by atoms with E-state index in [4.69, 9.17) is 10.8 Å². The van der Waals surface area contributed by atoms with E-state index < -0.39 is 0 Å². The Balaban J connectivity index is 2.81. The first-order valence-electron chi connectivity index (χ1n) is 5.28. The van der Waals surface area contributed by atoms with E-state index in [9.17, 15) is 0 Å². The molecule has 0 bridgehead atoms. The van der Waals surface area contributed by atoms with Crippen molar-refractivity contribution in [2.24, 2.45) is 0 Å². The second-order valence-electron chi connectivity index (χ2n) is 3.41. The summed E-state index contributed by atoms with van der Waals surface area (Å²) < 4.78 is 0. The van der Waals surface area contributed by atoms with Gasteiger partial charge in [0.15, 0.2) is 0 Å². The number of hydrogen-bond acceptors (Lipinski definition) is 5. The van der Waals surface area contributed by atoms with E-state index in [0.717, 1.165) is 12.8 Å². The monoisotopic (exact) mass is 213 g/mol. The molecule has 4 N–H and O–H groups in total. The van der Waals surface area contributed by atoms with Crippen molar-refractivity contribution in [3.63, 3.8) is 0 Å². The molecule has 6 nitrogen and oxygen atoms in total. The minimum Gasteiger partial charge on any atom is -0.395 e. The van der Waals surface area contributed by atoms with Gasteiger partial charge in [-0.1, -0.05) is 13.8 Å². The van der Waals surface area contributed by atoms with Gasteiger partial charge in [-0.15, -0.1) is 5.10 Å². The number of aromatic nitrogens is 3. The van der Waals surface area contributed by atoms with Crippen molar-refractivity contribution in [1.29, 1.82) is 0 Å². The van der Waals surface area contributed by atoms with Crippen LogP contribution in [-0.4, -0.2) is 39.5 Å². The van der Waals surface area contributed by atoms with Crippen LogP contribution in [0.3, 0.4) is 0 Å². The molecule has 86 valence electrons. The Hall–Kier alpha value is -1.30.